The Kier molecular flexibility index (Phi) is 3.51. The summed E-state index contributed by atoms with van der Waals surface area (Å²) in [6.07, 6.45) is 2.38. The lowest BCUT2D eigenvalue weighted by molar-refractivity contribution is 0.595. The van der Waals surface area contributed by atoms with Gasteiger partial charge in [-0.3, -0.25) is 0 Å². The van der Waals surface area contributed by atoms with Crippen LogP contribution in [0.15, 0.2) is 18.2 Å². The predicted molar refractivity (Wildman–Crippen MR) is 58.0 cm³/mol. The first-order valence-electron chi connectivity index (χ1n) is 4.70. The Morgan fingerprint density at radius 1 is 1.43 bits per heavy atom. The van der Waals surface area contributed by atoms with Crippen molar-refractivity contribution in [2.45, 2.75) is 25.8 Å². The Hall–Kier alpha value is -0.600. The molecule has 0 bridgehead atoms. The number of hydrogen-bond donors (Lipinski definition) is 1. The lowest BCUT2D eigenvalue weighted by Crippen LogP contribution is -2.12. The van der Waals surface area contributed by atoms with Crippen molar-refractivity contribution in [2.75, 3.05) is 0 Å². The van der Waals surface area contributed by atoms with Crippen LogP contribution in [0.3, 0.4) is 0 Å². The van der Waals surface area contributed by atoms with Crippen molar-refractivity contribution in [3.63, 3.8) is 0 Å². The Balaban J connectivity index is 0.000000980. The van der Waals surface area contributed by atoms with Crippen molar-refractivity contribution in [1.82, 2.24) is 0 Å². The standard InChI is InChI=1S/C11H14FN.ClH/c1-7-2-3-9(6-10(7)12)11(13)8-4-5-8;/h2-3,6,8,11H,4-5,13H2,1H3;1H/t11-;/m1./s1. The molecule has 1 saturated carbocycles. The van der Waals surface area contributed by atoms with Gasteiger partial charge in [0.15, 0.2) is 0 Å². The molecule has 0 aromatic heterocycles. The minimum atomic E-state index is -0.145. The van der Waals surface area contributed by atoms with Crippen LogP contribution in [0.25, 0.3) is 0 Å². The van der Waals surface area contributed by atoms with Gasteiger partial charge in [0.1, 0.15) is 5.82 Å². The van der Waals surface area contributed by atoms with E-state index in [9.17, 15) is 4.39 Å². The summed E-state index contributed by atoms with van der Waals surface area (Å²) in [5, 5.41) is 0. The molecule has 0 amide bonds. The quantitative estimate of drug-likeness (QED) is 0.807. The van der Waals surface area contributed by atoms with Gasteiger partial charge in [0.05, 0.1) is 0 Å². The van der Waals surface area contributed by atoms with E-state index < -0.39 is 0 Å². The van der Waals surface area contributed by atoms with Crippen molar-refractivity contribution < 1.29 is 4.39 Å². The highest BCUT2D eigenvalue weighted by Gasteiger charge is 2.29. The normalized spacial score (nSPS) is 17.4. The molecule has 1 aliphatic carbocycles. The summed E-state index contributed by atoms with van der Waals surface area (Å²) in [5.41, 5.74) is 7.58. The molecule has 3 heteroatoms. The van der Waals surface area contributed by atoms with Crippen LogP contribution < -0.4 is 5.73 Å². The smallest absolute Gasteiger partial charge is 0.126 e. The SMILES string of the molecule is Cc1ccc([C@H](N)C2CC2)cc1F.Cl. The van der Waals surface area contributed by atoms with E-state index in [4.69, 9.17) is 5.73 Å². The maximum atomic E-state index is 13.2. The first kappa shape index (κ1) is 11.5. The Labute approximate surface area is 89.9 Å². The molecule has 0 saturated heterocycles. The van der Waals surface area contributed by atoms with Gasteiger partial charge in [-0.15, -0.1) is 12.4 Å². The Morgan fingerprint density at radius 2 is 2.07 bits per heavy atom. The molecule has 0 heterocycles. The summed E-state index contributed by atoms with van der Waals surface area (Å²) >= 11 is 0. The summed E-state index contributed by atoms with van der Waals surface area (Å²) < 4.78 is 13.2. The highest BCUT2D eigenvalue weighted by molar-refractivity contribution is 5.85. The molecule has 2 N–H and O–H groups in total. The third kappa shape index (κ3) is 2.25. The molecule has 1 nitrogen and oxygen atoms in total. The molecule has 0 unspecified atom stereocenters. The summed E-state index contributed by atoms with van der Waals surface area (Å²) in [4.78, 5) is 0. The van der Waals surface area contributed by atoms with Crippen molar-refractivity contribution >= 4 is 12.4 Å². The van der Waals surface area contributed by atoms with Gasteiger partial charge >= 0.3 is 0 Å². The van der Waals surface area contributed by atoms with Crippen molar-refractivity contribution in [1.29, 1.82) is 0 Å². The van der Waals surface area contributed by atoms with Gasteiger partial charge in [0.25, 0.3) is 0 Å². The minimum Gasteiger partial charge on any atom is -0.324 e. The summed E-state index contributed by atoms with van der Waals surface area (Å²) in [7, 11) is 0. The molecule has 0 spiro atoms. The summed E-state index contributed by atoms with van der Waals surface area (Å²) in [6, 6.07) is 5.34. The molecule has 0 radical (unpaired) electrons. The second-order valence-electron chi connectivity index (χ2n) is 3.87. The maximum Gasteiger partial charge on any atom is 0.126 e. The molecule has 14 heavy (non-hydrogen) atoms. The zero-order valence-corrected chi connectivity index (χ0v) is 8.98. The fraction of sp³-hybridized carbons (Fsp3) is 0.455. The average molecular weight is 216 g/mol. The Morgan fingerprint density at radius 3 is 2.57 bits per heavy atom. The van der Waals surface area contributed by atoms with Crippen LogP contribution in [-0.4, -0.2) is 0 Å². The maximum absolute atomic E-state index is 13.2. The number of rotatable bonds is 2. The van der Waals surface area contributed by atoms with Crippen LogP contribution in [-0.2, 0) is 0 Å². The molecule has 1 fully saturated rings. The van der Waals surface area contributed by atoms with Gasteiger partial charge in [-0.2, -0.15) is 0 Å². The molecular formula is C11H15ClFN. The molecule has 1 aromatic carbocycles. The topological polar surface area (TPSA) is 26.0 Å². The van der Waals surface area contributed by atoms with E-state index in [0.717, 1.165) is 5.56 Å². The predicted octanol–water partition coefficient (Wildman–Crippen LogP) is 2.97. The Bertz CT molecular complexity index is 323. The molecule has 1 aromatic rings. The second kappa shape index (κ2) is 4.28. The number of halogens is 2. The molecule has 78 valence electrons. The van der Waals surface area contributed by atoms with E-state index in [1.165, 1.54) is 12.8 Å². The van der Waals surface area contributed by atoms with Gasteiger partial charge in [0.2, 0.25) is 0 Å². The molecule has 2 rings (SSSR count). The number of nitrogens with two attached hydrogens (primary N) is 1. The van der Waals surface area contributed by atoms with Crippen LogP contribution in [0.5, 0.6) is 0 Å². The van der Waals surface area contributed by atoms with E-state index in [0.29, 0.717) is 11.5 Å². The van der Waals surface area contributed by atoms with E-state index in [1.807, 2.05) is 6.07 Å². The lowest BCUT2D eigenvalue weighted by Gasteiger charge is -2.10. The van der Waals surface area contributed by atoms with Gasteiger partial charge in [-0.1, -0.05) is 12.1 Å². The van der Waals surface area contributed by atoms with Crippen LogP contribution in [0.1, 0.15) is 30.0 Å². The highest BCUT2D eigenvalue weighted by Crippen LogP contribution is 2.39. The van der Waals surface area contributed by atoms with Crippen molar-refractivity contribution in [2.24, 2.45) is 11.7 Å². The van der Waals surface area contributed by atoms with Crippen LogP contribution in [0.4, 0.5) is 4.39 Å². The van der Waals surface area contributed by atoms with E-state index in [-0.39, 0.29) is 24.3 Å². The molecule has 1 atom stereocenters. The molecular weight excluding hydrogens is 201 g/mol. The first-order chi connectivity index (χ1) is 6.18. The number of benzene rings is 1. The fourth-order valence-electron chi connectivity index (χ4n) is 1.54. The summed E-state index contributed by atoms with van der Waals surface area (Å²) in [6.45, 7) is 1.77. The van der Waals surface area contributed by atoms with Crippen LogP contribution >= 0.6 is 12.4 Å². The van der Waals surface area contributed by atoms with Gasteiger partial charge in [-0.05, 0) is 42.9 Å². The van der Waals surface area contributed by atoms with Crippen molar-refractivity contribution in [3.8, 4) is 0 Å². The third-order valence-corrected chi connectivity index (χ3v) is 2.71. The highest BCUT2D eigenvalue weighted by atomic mass is 35.5. The lowest BCUT2D eigenvalue weighted by atomic mass is 10.0. The van der Waals surface area contributed by atoms with Crippen molar-refractivity contribution in [3.05, 3.63) is 35.1 Å². The van der Waals surface area contributed by atoms with Gasteiger partial charge in [0, 0.05) is 6.04 Å². The van der Waals surface area contributed by atoms with Gasteiger partial charge in [-0.25, -0.2) is 4.39 Å². The van der Waals surface area contributed by atoms with E-state index >= 15 is 0 Å². The zero-order valence-electron chi connectivity index (χ0n) is 8.16. The minimum absolute atomic E-state index is 0. The monoisotopic (exact) mass is 215 g/mol. The summed E-state index contributed by atoms with van der Waals surface area (Å²) in [5.74, 6) is 0.440. The third-order valence-electron chi connectivity index (χ3n) is 2.71. The fourth-order valence-corrected chi connectivity index (χ4v) is 1.54. The van der Waals surface area contributed by atoms with Crippen LogP contribution in [0.2, 0.25) is 0 Å². The van der Waals surface area contributed by atoms with E-state index in [1.54, 1.807) is 19.1 Å². The van der Waals surface area contributed by atoms with E-state index in [2.05, 4.69) is 0 Å². The van der Waals surface area contributed by atoms with Gasteiger partial charge < -0.3 is 5.73 Å². The first-order valence-corrected chi connectivity index (χ1v) is 4.70. The number of aryl methyl sites for hydroxylation is 1. The average Bonchev–Trinajstić information content (AvgIpc) is 2.91. The zero-order chi connectivity index (χ0) is 9.42. The largest absolute Gasteiger partial charge is 0.324 e. The molecule has 0 aliphatic heterocycles. The van der Waals surface area contributed by atoms with Crippen LogP contribution in [0, 0.1) is 18.7 Å². The molecule has 1 aliphatic rings. The number of hydrogen-bond acceptors (Lipinski definition) is 1. The second-order valence-corrected chi connectivity index (χ2v) is 3.87.